The Morgan fingerprint density at radius 3 is 2.64 bits per heavy atom. The van der Waals surface area contributed by atoms with E-state index in [0.717, 1.165) is 31.2 Å². The smallest absolute Gasteiger partial charge is 0.225 e. The van der Waals surface area contributed by atoms with Gasteiger partial charge in [0.2, 0.25) is 5.91 Å². The fraction of sp³-hybridized carbons (Fsp3) is 0.562. The van der Waals surface area contributed by atoms with Gasteiger partial charge in [-0.3, -0.25) is 4.79 Å². The molecule has 22 heavy (non-hydrogen) atoms. The molecule has 1 aromatic carbocycles. The molecule has 2 rings (SSSR count). The van der Waals surface area contributed by atoms with Crippen molar-refractivity contribution < 1.29 is 4.79 Å². The fourth-order valence-corrected chi connectivity index (χ4v) is 3.55. The molecule has 0 heterocycles. The van der Waals surface area contributed by atoms with Crippen molar-refractivity contribution in [1.82, 2.24) is 4.90 Å². The van der Waals surface area contributed by atoms with Crippen LogP contribution in [0.2, 0.25) is 10.0 Å². The van der Waals surface area contributed by atoms with Gasteiger partial charge in [0.1, 0.15) is 0 Å². The predicted molar refractivity (Wildman–Crippen MR) is 94.8 cm³/mol. The fourth-order valence-electron chi connectivity index (χ4n) is 2.98. The van der Waals surface area contributed by atoms with Crippen LogP contribution in [0, 0.1) is 5.92 Å². The summed E-state index contributed by atoms with van der Waals surface area (Å²) in [7, 11) is 1.83. The second kappa shape index (κ2) is 8.39. The van der Waals surface area contributed by atoms with Gasteiger partial charge in [-0.05, 0) is 43.9 Å². The molecule has 1 aromatic rings. The number of nitrogens with zero attached hydrogens (tertiary/aromatic N) is 1. The van der Waals surface area contributed by atoms with E-state index in [9.17, 15) is 4.79 Å². The van der Waals surface area contributed by atoms with Crippen LogP contribution in [-0.4, -0.2) is 23.9 Å². The third-order valence-electron chi connectivity index (χ3n) is 4.41. The summed E-state index contributed by atoms with van der Waals surface area (Å²) in [5.74, 6) is 0.191. The molecule has 3 atom stereocenters. The standard InChI is InChI=1S/C16H22Cl2N2O.ClH/c1-10(14-7-6-12(17)9-15(14)18)20(2)16(21)11-4-3-5-13(19)8-11;/h6-7,9-11,13H,3-5,8,19H2,1-2H3;1H. The zero-order valence-corrected chi connectivity index (χ0v) is 15.2. The second-order valence-corrected chi connectivity index (χ2v) is 6.76. The zero-order valence-electron chi connectivity index (χ0n) is 12.9. The molecule has 0 radical (unpaired) electrons. The van der Waals surface area contributed by atoms with E-state index in [1.165, 1.54) is 0 Å². The molecule has 3 unspecified atom stereocenters. The molecular formula is C16H23Cl3N2O. The number of nitrogens with two attached hydrogens (primary N) is 1. The van der Waals surface area contributed by atoms with Gasteiger partial charge >= 0.3 is 0 Å². The van der Waals surface area contributed by atoms with Crippen LogP contribution in [0.25, 0.3) is 0 Å². The Balaban J connectivity index is 0.00000242. The summed E-state index contributed by atoms with van der Waals surface area (Å²) in [6.45, 7) is 1.98. The minimum Gasteiger partial charge on any atom is -0.339 e. The van der Waals surface area contributed by atoms with Crippen LogP contribution >= 0.6 is 35.6 Å². The van der Waals surface area contributed by atoms with E-state index >= 15 is 0 Å². The Kier molecular flexibility index (Phi) is 7.47. The SMILES string of the molecule is CC(c1ccc(Cl)cc1Cl)N(C)C(=O)C1CCCC(N)C1.Cl. The average Bonchev–Trinajstić information content (AvgIpc) is 2.45. The number of halogens is 3. The summed E-state index contributed by atoms with van der Waals surface area (Å²) in [6, 6.07) is 5.46. The van der Waals surface area contributed by atoms with Crippen molar-refractivity contribution in [2.75, 3.05) is 7.05 Å². The summed E-state index contributed by atoms with van der Waals surface area (Å²) in [4.78, 5) is 14.4. The van der Waals surface area contributed by atoms with Gasteiger partial charge in [-0.1, -0.05) is 35.7 Å². The number of rotatable bonds is 3. The van der Waals surface area contributed by atoms with Gasteiger partial charge in [0, 0.05) is 29.1 Å². The molecule has 1 fully saturated rings. The Hall–Kier alpha value is -0.480. The lowest BCUT2D eigenvalue weighted by molar-refractivity contribution is -0.137. The summed E-state index contributed by atoms with van der Waals surface area (Å²) < 4.78 is 0. The van der Waals surface area contributed by atoms with Crippen molar-refractivity contribution in [2.24, 2.45) is 11.7 Å². The molecule has 2 N–H and O–H groups in total. The molecule has 124 valence electrons. The van der Waals surface area contributed by atoms with E-state index in [4.69, 9.17) is 28.9 Å². The third kappa shape index (κ3) is 4.51. The molecule has 0 spiro atoms. The number of amides is 1. The molecule has 0 bridgehead atoms. The summed E-state index contributed by atoms with van der Waals surface area (Å²) in [5, 5.41) is 1.19. The van der Waals surface area contributed by atoms with Crippen LogP contribution in [0.4, 0.5) is 0 Å². The number of hydrogen-bond donors (Lipinski definition) is 1. The van der Waals surface area contributed by atoms with Crippen molar-refractivity contribution in [1.29, 1.82) is 0 Å². The van der Waals surface area contributed by atoms with Crippen molar-refractivity contribution in [3.05, 3.63) is 33.8 Å². The highest BCUT2D eigenvalue weighted by Crippen LogP contribution is 2.32. The average molecular weight is 366 g/mol. The quantitative estimate of drug-likeness (QED) is 0.860. The molecule has 0 aliphatic heterocycles. The van der Waals surface area contributed by atoms with Gasteiger partial charge < -0.3 is 10.6 Å². The summed E-state index contributed by atoms with van der Waals surface area (Å²) in [5.41, 5.74) is 6.90. The molecule has 1 saturated carbocycles. The highest BCUT2D eigenvalue weighted by atomic mass is 35.5. The number of carbonyl (C=O) groups excluding carboxylic acids is 1. The normalized spacial score (nSPS) is 22.6. The molecule has 0 aromatic heterocycles. The maximum absolute atomic E-state index is 12.6. The summed E-state index contributed by atoms with van der Waals surface area (Å²) in [6.07, 6.45) is 3.76. The van der Waals surface area contributed by atoms with E-state index in [0.29, 0.717) is 10.0 Å². The first-order valence-electron chi connectivity index (χ1n) is 7.37. The third-order valence-corrected chi connectivity index (χ3v) is 4.97. The number of benzene rings is 1. The first-order chi connectivity index (χ1) is 9.90. The first-order valence-corrected chi connectivity index (χ1v) is 8.13. The zero-order chi connectivity index (χ0) is 15.6. The van der Waals surface area contributed by atoms with E-state index in [-0.39, 0.29) is 36.3 Å². The topological polar surface area (TPSA) is 46.3 Å². The van der Waals surface area contributed by atoms with E-state index < -0.39 is 0 Å². The van der Waals surface area contributed by atoms with E-state index in [1.54, 1.807) is 17.0 Å². The molecule has 1 aliphatic rings. The Morgan fingerprint density at radius 2 is 2.05 bits per heavy atom. The Bertz CT molecular complexity index is 524. The van der Waals surface area contributed by atoms with Gasteiger partial charge in [0.25, 0.3) is 0 Å². The van der Waals surface area contributed by atoms with Crippen molar-refractivity contribution >= 4 is 41.5 Å². The minimum atomic E-state index is -0.0829. The lowest BCUT2D eigenvalue weighted by Gasteiger charge is -2.33. The van der Waals surface area contributed by atoms with E-state index in [1.807, 2.05) is 20.0 Å². The Morgan fingerprint density at radius 1 is 1.36 bits per heavy atom. The molecule has 1 amide bonds. The molecular weight excluding hydrogens is 343 g/mol. The number of hydrogen-bond acceptors (Lipinski definition) is 2. The van der Waals surface area contributed by atoms with Crippen LogP contribution in [0.3, 0.4) is 0 Å². The molecule has 0 saturated heterocycles. The monoisotopic (exact) mass is 364 g/mol. The molecule has 6 heteroatoms. The second-order valence-electron chi connectivity index (χ2n) is 5.91. The first kappa shape index (κ1) is 19.6. The van der Waals surface area contributed by atoms with Crippen molar-refractivity contribution in [3.8, 4) is 0 Å². The van der Waals surface area contributed by atoms with Crippen LogP contribution in [0.5, 0.6) is 0 Å². The molecule has 1 aliphatic carbocycles. The summed E-state index contributed by atoms with van der Waals surface area (Å²) >= 11 is 12.2. The molecule has 3 nitrogen and oxygen atoms in total. The predicted octanol–water partition coefficient (Wildman–Crippen LogP) is 4.45. The van der Waals surface area contributed by atoms with Gasteiger partial charge in [-0.2, -0.15) is 0 Å². The highest BCUT2D eigenvalue weighted by molar-refractivity contribution is 6.35. The van der Waals surface area contributed by atoms with Crippen LogP contribution in [0.15, 0.2) is 18.2 Å². The Labute approximate surface area is 148 Å². The van der Waals surface area contributed by atoms with Crippen LogP contribution in [-0.2, 0) is 4.79 Å². The highest BCUT2D eigenvalue weighted by Gasteiger charge is 2.30. The largest absolute Gasteiger partial charge is 0.339 e. The van der Waals surface area contributed by atoms with Crippen LogP contribution in [0.1, 0.15) is 44.2 Å². The van der Waals surface area contributed by atoms with Crippen molar-refractivity contribution in [3.63, 3.8) is 0 Å². The van der Waals surface area contributed by atoms with Crippen LogP contribution < -0.4 is 5.73 Å². The van der Waals surface area contributed by atoms with Crippen molar-refractivity contribution in [2.45, 2.75) is 44.7 Å². The van der Waals surface area contributed by atoms with E-state index in [2.05, 4.69) is 0 Å². The lowest BCUT2D eigenvalue weighted by atomic mass is 9.85. The van der Waals surface area contributed by atoms with Gasteiger partial charge in [-0.25, -0.2) is 0 Å². The van der Waals surface area contributed by atoms with Gasteiger partial charge in [0.15, 0.2) is 0 Å². The van der Waals surface area contributed by atoms with Gasteiger partial charge in [-0.15, -0.1) is 12.4 Å². The van der Waals surface area contributed by atoms with Gasteiger partial charge in [0.05, 0.1) is 6.04 Å². The maximum atomic E-state index is 12.6. The number of carbonyl (C=O) groups is 1. The minimum absolute atomic E-state index is 0. The maximum Gasteiger partial charge on any atom is 0.225 e. The lowest BCUT2D eigenvalue weighted by Crippen LogP contribution is -2.39.